The molecule has 1 amide bonds. The van der Waals surface area contributed by atoms with Crippen LogP contribution in [0.1, 0.15) is 40.3 Å². The molecule has 2 aromatic heterocycles. The van der Waals surface area contributed by atoms with Crippen molar-refractivity contribution >= 4 is 33.3 Å². The number of thiazole rings is 1. The summed E-state index contributed by atoms with van der Waals surface area (Å²) >= 11 is 1.53. The Kier molecular flexibility index (Phi) is 4.36. The van der Waals surface area contributed by atoms with Crippen molar-refractivity contribution in [2.24, 2.45) is 0 Å². The topological polar surface area (TPSA) is 69.0 Å². The highest BCUT2D eigenvalue weighted by Crippen LogP contribution is 2.42. The van der Waals surface area contributed by atoms with E-state index in [0.717, 1.165) is 38.2 Å². The molecule has 0 saturated carbocycles. The second-order valence-electron chi connectivity index (χ2n) is 7.75. The summed E-state index contributed by atoms with van der Waals surface area (Å²) in [6.45, 7) is 6.18. The van der Waals surface area contributed by atoms with Crippen LogP contribution in [0.15, 0.2) is 36.4 Å². The Morgan fingerprint density at radius 1 is 1.17 bits per heavy atom. The van der Waals surface area contributed by atoms with Gasteiger partial charge in [0.05, 0.1) is 23.0 Å². The lowest BCUT2D eigenvalue weighted by Crippen LogP contribution is -2.25. The van der Waals surface area contributed by atoms with E-state index in [-0.39, 0.29) is 11.8 Å². The monoisotopic (exact) mass is 418 g/mol. The smallest absolute Gasteiger partial charge is 0.226 e. The van der Waals surface area contributed by atoms with E-state index in [1.807, 2.05) is 25.1 Å². The molecule has 0 saturated heterocycles. The molecule has 2 aromatic carbocycles. The van der Waals surface area contributed by atoms with Gasteiger partial charge in [0, 0.05) is 17.9 Å². The highest BCUT2D eigenvalue weighted by molar-refractivity contribution is 7.20. The van der Waals surface area contributed by atoms with E-state index in [2.05, 4.69) is 37.4 Å². The number of hydrogen-bond acceptors (Lipinski definition) is 5. The molecule has 0 unspecified atom stereocenters. The average Bonchev–Trinajstić information content (AvgIpc) is 3.29. The number of anilines is 1. The number of nitrogens with zero attached hydrogens (tertiary/aromatic N) is 3. The maximum atomic E-state index is 12.7. The summed E-state index contributed by atoms with van der Waals surface area (Å²) in [7, 11) is 1.65. The third-order valence-corrected chi connectivity index (χ3v) is 6.67. The standard InChI is InChI=1S/C23H22N4O2S/c1-12-5-6-13(2)16(9-12)17-11-20(28)25-22-21(17)14(3)26-27(22)23-24-18-8-7-15(29-4)10-19(18)30-23/h5-10,17H,11H2,1-4H3,(H,25,28)/t17-/m0/s1. The molecule has 30 heavy (non-hydrogen) atoms. The number of benzene rings is 2. The second kappa shape index (κ2) is 6.95. The van der Waals surface area contributed by atoms with Crippen LogP contribution in [0.3, 0.4) is 0 Å². The van der Waals surface area contributed by atoms with Crippen LogP contribution in [0.2, 0.25) is 0 Å². The first kappa shape index (κ1) is 18.8. The molecule has 5 rings (SSSR count). The molecular formula is C23H22N4O2S. The lowest BCUT2D eigenvalue weighted by molar-refractivity contribution is -0.116. The molecule has 0 spiro atoms. The molecule has 0 aliphatic carbocycles. The van der Waals surface area contributed by atoms with E-state index in [1.54, 1.807) is 11.8 Å². The van der Waals surface area contributed by atoms with Gasteiger partial charge in [-0.05, 0) is 50.1 Å². The van der Waals surface area contributed by atoms with Crippen LogP contribution in [0.5, 0.6) is 5.75 Å². The molecule has 1 aliphatic rings. The van der Waals surface area contributed by atoms with E-state index >= 15 is 0 Å². The van der Waals surface area contributed by atoms with Crippen molar-refractivity contribution in [2.45, 2.75) is 33.1 Å². The molecule has 1 aliphatic heterocycles. The summed E-state index contributed by atoms with van der Waals surface area (Å²) in [6.07, 6.45) is 0.418. The van der Waals surface area contributed by atoms with E-state index in [1.165, 1.54) is 28.0 Å². The number of methoxy groups -OCH3 is 1. The van der Waals surface area contributed by atoms with Crippen molar-refractivity contribution in [2.75, 3.05) is 12.4 Å². The second-order valence-corrected chi connectivity index (χ2v) is 8.76. The Morgan fingerprint density at radius 3 is 2.80 bits per heavy atom. The number of nitrogens with one attached hydrogen (secondary N) is 1. The van der Waals surface area contributed by atoms with Gasteiger partial charge in [-0.15, -0.1) is 0 Å². The molecule has 3 heterocycles. The van der Waals surface area contributed by atoms with Gasteiger partial charge < -0.3 is 10.1 Å². The third-order valence-electron chi connectivity index (χ3n) is 5.68. The van der Waals surface area contributed by atoms with Crippen molar-refractivity contribution in [3.05, 3.63) is 64.3 Å². The van der Waals surface area contributed by atoms with Gasteiger partial charge in [0.2, 0.25) is 11.0 Å². The van der Waals surface area contributed by atoms with Gasteiger partial charge in [-0.25, -0.2) is 4.98 Å². The number of aryl methyl sites for hydroxylation is 3. The Bertz CT molecular complexity index is 1300. The first-order chi connectivity index (χ1) is 14.4. The fourth-order valence-electron chi connectivity index (χ4n) is 4.20. The summed E-state index contributed by atoms with van der Waals surface area (Å²) in [5.41, 5.74) is 6.42. The Balaban J connectivity index is 1.67. The van der Waals surface area contributed by atoms with Crippen molar-refractivity contribution in [1.82, 2.24) is 14.8 Å². The van der Waals surface area contributed by atoms with Gasteiger partial charge in [0.1, 0.15) is 11.6 Å². The molecule has 0 bridgehead atoms. The Hall–Kier alpha value is -3.19. The predicted octanol–water partition coefficient (Wildman–Crippen LogP) is 4.89. The minimum absolute atomic E-state index is 0.00247. The fraction of sp³-hybridized carbons (Fsp3) is 0.261. The van der Waals surface area contributed by atoms with Gasteiger partial charge in [-0.1, -0.05) is 35.1 Å². The number of rotatable bonds is 3. The SMILES string of the molecule is COc1ccc2nc(-n3nc(C)c4c3NC(=O)C[C@H]4c3cc(C)ccc3C)sc2c1. The summed E-state index contributed by atoms with van der Waals surface area (Å²) in [5, 5.41) is 8.56. The molecule has 6 nitrogen and oxygen atoms in total. The van der Waals surface area contributed by atoms with Crippen LogP contribution in [-0.4, -0.2) is 27.8 Å². The third kappa shape index (κ3) is 2.97. The number of aromatic nitrogens is 3. The van der Waals surface area contributed by atoms with E-state index < -0.39 is 0 Å². The molecular weight excluding hydrogens is 396 g/mol. The number of fused-ring (bicyclic) bond motifs is 2. The number of carbonyl (C=O) groups excluding carboxylic acids is 1. The number of carbonyl (C=O) groups is 1. The number of amides is 1. The largest absolute Gasteiger partial charge is 0.497 e. The van der Waals surface area contributed by atoms with Gasteiger partial charge in [-0.2, -0.15) is 9.78 Å². The molecule has 0 radical (unpaired) electrons. The van der Waals surface area contributed by atoms with E-state index in [9.17, 15) is 4.79 Å². The van der Waals surface area contributed by atoms with Crippen molar-refractivity contribution in [3.63, 3.8) is 0 Å². The zero-order valence-electron chi connectivity index (χ0n) is 17.3. The van der Waals surface area contributed by atoms with E-state index in [4.69, 9.17) is 14.8 Å². The van der Waals surface area contributed by atoms with Gasteiger partial charge in [0.15, 0.2) is 0 Å². The van der Waals surface area contributed by atoms with Gasteiger partial charge in [-0.3, -0.25) is 4.79 Å². The molecule has 4 aromatic rings. The van der Waals surface area contributed by atoms with Gasteiger partial charge in [0.25, 0.3) is 0 Å². The highest BCUT2D eigenvalue weighted by Gasteiger charge is 2.34. The highest BCUT2D eigenvalue weighted by atomic mass is 32.1. The summed E-state index contributed by atoms with van der Waals surface area (Å²) in [4.78, 5) is 17.4. The lowest BCUT2D eigenvalue weighted by Gasteiger charge is -2.25. The fourth-order valence-corrected chi connectivity index (χ4v) is 5.15. The maximum absolute atomic E-state index is 12.7. The minimum atomic E-state index is -0.0168. The average molecular weight is 419 g/mol. The Morgan fingerprint density at radius 2 is 2.00 bits per heavy atom. The molecule has 152 valence electrons. The number of ether oxygens (including phenoxy) is 1. The van der Waals surface area contributed by atoms with Crippen molar-refractivity contribution in [3.8, 4) is 10.9 Å². The minimum Gasteiger partial charge on any atom is -0.497 e. The molecule has 1 N–H and O–H groups in total. The van der Waals surface area contributed by atoms with Crippen LogP contribution in [0.4, 0.5) is 5.82 Å². The van der Waals surface area contributed by atoms with Crippen LogP contribution in [-0.2, 0) is 4.79 Å². The molecule has 1 atom stereocenters. The first-order valence-corrected chi connectivity index (χ1v) is 10.7. The lowest BCUT2D eigenvalue weighted by atomic mass is 9.83. The quantitative estimate of drug-likeness (QED) is 0.514. The van der Waals surface area contributed by atoms with Crippen LogP contribution >= 0.6 is 11.3 Å². The first-order valence-electron chi connectivity index (χ1n) is 9.86. The van der Waals surface area contributed by atoms with Gasteiger partial charge >= 0.3 is 0 Å². The van der Waals surface area contributed by atoms with Crippen molar-refractivity contribution in [1.29, 1.82) is 0 Å². The zero-order valence-corrected chi connectivity index (χ0v) is 18.1. The van der Waals surface area contributed by atoms with Crippen LogP contribution in [0, 0.1) is 20.8 Å². The van der Waals surface area contributed by atoms with Crippen molar-refractivity contribution < 1.29 is 9.53 Å². The summed E-state index contributed by atoms with van der Waals surface area (Å²) in [5.74, 6) is 1.49. The maximum Gasteiger partial charge on any atom is 0.226 e. The molecule has 0 fully saturated rings. The summed E-state index contributed by atoms with van der Waals surface area (Å²) < 4.78 is 8.12. The van der Waals surface area contributed by atoms with Crippen LogP contribution in [0.25, 0.3) is 15.3 Å². The zero-order chi connectivity index (χ0) is 21.0. The molecule has 7 heteroatoms. The predicted molar refractivity (Wildman–Crippen MR) is 119 cm³/mol. The van der Waals surface area contributed by atoms with E-state index in [0.29, 0.717) is 6.42 Å². The number of hydrogen-bond donors (Lipinski definition) is 1. The normalized spacial score (nSPS) is 15.9. The Labute approximate surface area is 178 Å². The van der Waals surface area contributed by atoms with Crippen LogP contribution < -0.4 is 10.1 Å². The summed E-state index contributed by atoms with van der Waals surface area (Å²) in [6, 6.07) is 12.2.